The molecule has 0 radical (unpaired) electrons. The molecule has 0 saturated heterocycles. The fraction of sp³-hybridized carbons (Fsp3) is 0.0500. The second-order valence-corrected chi connectivity index (χ2v) is 7.68. The number of methoxy groups -OCH3 is 1. The largest absolute Gasteiger partial charge is 0.497 e. The number of rotatable bonds is 6. The Labute approximate surface area is 167 Å². The van der Waals surface area contributed by atoms with Crippen LogP contribution in [0.5, 0.6) is 5.75 Å². The molecule has 0 spiro atoms. The number of nitro benzene ring substituents is 1. The minimum absolute atomic E-state index is 0.0751. The Bertz CT molecular complexity index is 1150. The molecule has 0 fully saturated rings. The molecule has 0 saturated carbocycles. The molecule has 3 aromatic rings. The number of carbonyl (C=O) groups excluding carboxylic acids is 1. The molecule has 3 aromatic carbocycles. The molecule has 148 valence electrons. The second-order valence-electron chi connectivity index (χ2n) is 5.89. The van der Waals surface area contributed by atoms with Gasteiger partial charge in [-0.1, -0.05) is 24.3 Å². The quantitative estimate of drug-likeness (QED) is 0.452. The molecule has 0 N–H and O–H groups in total. The fourth-order valence-corrected chi connectivity index (χ4v) is 4.10. The number of amides is 1. The zero-order valence-corrected chi connectivity index (χ0v) is 16.1. The molecule has 0 aliphatic heterocycles. The first-order valence-electron chi connectivity index (χ1n) is 8.38. The van der Waals surface area contributed by atoms with E-state index in [1.807, 2.05) is 0 Å². The van der Waals surface area contributed by atoms with E-state index < -0.39 is 26.5 Å². The van der Waals surface area contributed by atoms with Crippen LogP contribution in [0.4, 0.5) is 11.4 Å². The highest BCUT2D eigenvalue weighted by molar-refractivity contribution is 7.93. The highest BCUT2D eigenvalue weighted by Gasteiger charge is 2.32. The van der Waals surface area contributed by atoms with E-state index >= 15 is 0 Å². The number of nitrogens with zero attached hydrogens (tertiary/aromatic N) is 2. The van der Waals surface area contributed by atoms with Crippen molar-refractivity contribution in [3.63, 3.8) is 0 Å². The summed E-state index contributed by atoms with van der Waals surface area (Å²) < 4.78 is 32.4. The van der Waals surface area contributed by atoms with Crippen molar-refractivity contribution < 1.29 is 22.9 Å². The predicted octanol–water partition coefficient (Wildman–Crippen LogP) is 3.64. The van der Waals surface area contributed by atoms with Gasteiger partial charge >= 0.3 is 0 Å². The minimum Gasteiger partial charge on any atom is -0.497 e. The van der Waals surface area contributed by atoms with Crippen LogP contribution < -0.4 is 9.04 Å². The monoisotopic (exact) mass is 412 g/mol. The molecule has 0 atom stereocenters. The molecule has 9 heteroatoms. The SMILES string of the molecule is COc1ccc(N(C(=O)c2ccccc2)S(=O)(=O)c2cccc([N+](=O)[O-])c2)cc1. The topological polar surface area (TPSA) is 107 Å². The Balaban J connectivity index is 2.17. The van der Waals surface area contributed by atoms with Gasteiger partial charge in [0.15, 0.2) is 0 Å². The highest BCUT2D eigenvalue weighted by Crippen LogP contribution is 2.29. The summed E-state index contributed by atoms with van der Waals surface area (Å²) in [6.07, 6.45) is 0. The van der Waals surface area contributed by atoms with Gasteiger partial charge in [0.2, 0.25) is 0 Å². The summed E-state index contributed by atoms with van der Waals surface area (Å²) >= 11 is 0. The van der Waals surface area contributed by atoms with Crippen LogP contribution in [0.15, 0.2) is 83.8 Å². The third kappa shape index (κ3) is 4.09. The third-order valence-electron chi connectivity index (χ3n) is 4.08. The van der Waals surface area contributed by atoms with Crippen LogP contribution in [0, 0.1) is 10.1 Å². The number of non-ortho nitro benzene ring substituents is 1. The van der Waals surface area contributed by atoms with Gasteiger partial charge in [-0.05, 0) is 42.5 Å². The molecule has 29 heavy (non-hydrogen) atoms. The van der Waals surface area contributed by atoms with Crippen molar-refractivity contribution in [2.24, 2.45) is 0 Å². The van der Waals surface area contributed by atoms with Gasteiger partial charge in [0, 0.05) is 17.7 Å². The van der Waals surface area contributed by atoms with Gasteiger partial charge in [-0.3, -0.25) is 14.9 Å². The fourth-order valence-electron chi connectivity index (χ4n) is 2.64. The van der Waals surface area contributed by atoms with Crippen LogP contribution in [-0.2, 0) is 10.0 Å². The summed E-state index contributed by atoms with van der Waals surface area (Å²) in [5, 5.41) is 11.1. The van der Waals surface area contributed by atoms with E-state index in [9.17, 15) is 23.3 Å². The van der Waals surface area contributed by atoms with Crippen molar-refractivity contribution in [2.75, 3.05) is 11.4 Å². The Kier molecular flexibility index (Phi) is 5.60. The number of sulfonamides is 1. The summed E-state index contributed by atoms with van der Waals surface area (Å²) in [5.41, 5.74) is -0.170. The molecule has 3 rings (SSSR count). The molecule has 0 bridgehead atoms. The zero-order chi connectivity index (χ0) is 21.0. The first-order valence-corrected chi connectivity index (χ1v) is 9.82. The average Bonchev–Trinajstić information content (AvgIpc) is 2.75. The van der Waals surface area contributed by atoms with Crippen molar-refractivity contribution in [1.82, 2.24) is 0 Å². The van der Waals surface area contributed by atoms with E-state index in [1.54, 1.807) is 18.2 Å². The normalized spacial score (nSPS) is 10.9. The van der Waals surface area contributed by atoms with E-state index in [2.05, 4.69) is 0 Å². The first kappa shape index (κ1) is 20.0. The number of benzene rings is 3. The summed E-state index contributed by atoms with van der Waals surface area (Å²) in [4.78, 5) is 23.1. The smallest absolute Gasteiger partial charge is 0.272 e. The lowest BCUT2D eigenvalue weighted by atomic mass is 10.2. The summed E-state index contributed by atoms with van der Waals surface area (Å²) in [6, 6.07) is 18.3. The number of nitro groups is 1. The zero-order valence-electron chi connectivity index (χ0n) is 15.3. The van der Waals surface area contributed by atoms with Crippen LogP contribution in [-0.4, -0.2) is 26.4 Å². The van der Waals surface area contributed by atoms with Gasteiger partial charge in [-0.25, -0.2) is 8.42 Å². The van der Waals surface area contributed by atoms with Crippen LogP contribution in [0.25, 0.3) is 0 Å². The maximum absolute atomic E-state index is 13.3. The lowest BCUT2D eigenvalue weighted by Gasteiger charge is -2.23. The minimum atomic E-state index is -4.44. The van der Waals surface area contributed by atoms with Crippen LogP contribution >= 0.6 is 0 Å². The van der Waals surface area contributed by atoms with Crippen LogP contribution in [0.3, 0.4) is 0 Å². The first-order chi connectivity index (χ1) is 13.8. The maximum atomic E-state index is 13.3. The summed E-state index contributed by atoms with van der Waals surface area (Å²) in [5.74, 6) is -0.309. The molecule has 0 aliphatic rings. The lowest BCUT2D eigenvalue weighted by Crippen LogP contribution is -2.37. The van der Waals surface area contributed by atoms with Crippen molar-refractivity contribution in [3.05, 3.63) is 94.5 Å². The van der Waals surface area contributed by atoms with Crippen molar-refractivity contribution >= 4 is 27.3 Å². The molecular formula is C20H16N2O6S. The van der Waals surface area contributed by atoms with E-state index in [0.29, 0.717) is 10.1 Å². The van der Waals surface area contributed by atoms with Gasteiger partial charge in [0.05, 0.1) is 22.6 Å². The van der Waals surface area contributed by atoms with Gasteiger partial charge in [-0.2, -0.15) is 4.31 Å². The van der Waals surface area contributed by atoms with Gasteiger partial charge in [-0.15, -0.1) is 0 Å². The molecule has 1 amide bonds. The number of anilines is 1. The van der Waals surface area contributed by atoms with Crippen molar-refractivity contribution in [3.8, 4) is 5.75 Å². The van der Waals surface area contributed by atoms with E-state index in [4.69, 9.17) is 4.74 Å². The standard InChI is InChI=1S/C20H16N2O6S/c1-28-18-12-10-16(11-13-18)21(20(23)15-6-3-2-4-7-15)29(26,27)19-9-5-8-17(14-19)22(24)25/h2-14H,1H3. The van der Waals surface area contributed by atoms with Gasteiger partial charge in [0.1, 0.15) is 5.75 Å². The highest BCUT2D eigenvalue weighted by atomic mass is 32.2. The number of hydrogen-bond acceptors (Lipinski definition) is 6. The summed E-state index contributed by atoms with van der Waals surface area (Å²) in [6.45, 7) is 0. The summed E-state index contributed by atoms with van der Waals surface area (Å²) in [7, 11) is -2.98. The Morgan fingerprint density at radius 1 is 0.966 bits per heavy atom. The van der Waals surface area contributed by atoms with E-state index in [1.165, 1.54) is 61.7 Å². The molecular weight excluding hydrogens is 396 g/mol. The molecule has 0 unspecified atom stereocenters. The van der Waals surface area contributed by atoms with Gasteiger partial charge < -0.3 is 4.74 Å². The second kappa shape index (κ2) is 8.11. The Hall–Kier alpha value is -3.72. The Morgan fingerprint density at radius 2 is 1.62 bits per heavy atom. The molecule has 0 heterocycles. The Morgan fingerprint density at radius 3 is 2.21 bits per heavy atom. The number of carbonyl (C=O) groups is 1. The van der Waals surface area contributed by atoms with Crippen molar-refractivity contribution in [1.29, 1.82) is 0 Å². The number of ether oxygens (including phenoxy) is 1. The molecule has 0 aromatic heterocycles. The van der Waals surface area contributed by atoms with Gasteiger partial charge in [0.25, 0.3) is 21.6 Å². The van der Waals surface area contributed by atoms with E-state index in [-0.39, 0.29) is 16.1 Å². The lowest BCUT2D eigenvalue weighted by molar-refractivity contribution is -0.385. The average molecular weight is 412 g/mol. The molecule has 0 aliphatic carbocycles. The van der Waals surface area contributed by atoms with Crippen molar-refractivity contribution in [2.45, 2.75) is 4.90 Å². The van der Waals surface area contributed by atoms with E-state index in [0.717, 1.165) is 6.07 Å². The maximum Gasteiger partial charge on any atom is 0.272 e. The number of hydrogen-bond donors (Lipinski definition) is 0. The third-order valence-corrected chi connectivity index (χ3v) is 5.79. The van der Waals surface area contributed by atoms with Crippen LogP contribution in [0.1, 0.15) is 10.4 Å². The predicted molar refractivity (Wildman–Crippen MR) is 107 cm³/mol. The van der Waals surface area contributed by atoms with Crippen LogP contribution in [0.2, 0.25) is 0 Å². The molecule has 8 nitrogen and oxygen atoms in total.